The van der Waals surface area contributed by atoms with Gasteiger partial charge in [-0.15, -0.1) is 0 Å². The number of rotatable bonds is 11. The number of carbonyl (C=O) groups excluding carboxylic acids is 2. The molecule has 0 saturated carbocycles. The zero-order chi connectivity index (χ0) is 27.2. The number of fused-ring (bicyclic) bond motifs is 1. The highest BCUT2D eigenvalue weighted by atomic mass is 16.3. The van der Waals surface area contributed by atoms with Crippen LogP contribution < -0.4 is 0 Å². The van der Waals surface area contributed by atoms with Crippen LogP contribution in [0.2, 0.25) is 0 Å². The number of amides is 2. The van der Waals surface area contributed by atoms with Gasteiger partial charge in [0.1, 0.15) is 11.8 Å². The third-order valence-corrected chi connectivity index (χ3v) is 7.97. The molecule has 0 unspecified atom stereocenters. The van der Waals surface area contributed by atoms with E-state index in [4.69, 9.17) is 0 Å². The molecule has 206 valence electrons. The lowest BCUT2D eigenvalue weighted by atomic mass is 9.90. The summed E-state index contributed by atoms with van der Waals surface area (Å²) in [6.45, 7) is 11.7. The molecular weight excluding hydrogens is 474 g/mol. The molecule has 2 fully saturated rings. The van der Waals surface area contributed by atoms with Gasteiger partial charge in [-0.1, -0.05) is 70.2 Å². The molecule has 1 N–H and O–H groups in total. The van der Waals surface area contributed by atoms with Crippen LogP contribution >= 0.6 is 0 Å². The standard InChI is InChI=1S/C32H45N3O3/c1-23(2)16-18-34-22-27-21-33(17-8-11-25-12-14-28(36)15-13-25)29(20-26-9-6-5-7-10-26)32(38)35(27)30(31(34)37)19-24(3)4/h5-7,9-10,12-15,23-24,27,29-30,36H,8,11,16-22H2,1-4H3/t27-,29-,30-/m0/s1. The lowest BCUT2D eigenvalue weighted by Crippen LogP contribution is -2.72. The highest BCUT2D eigenvalue weighted by molar-refractivity contribution is 5.92. The highest BCUT2D eigenvalue weighted by Crippen LogP contribution is 2.30. The average molecular weight is 520 g/mol. The van der Waals surface area contributed by atoms with Crippen molar-refractivity contribution in [3.05, 3.63) is 65.7 Å². The normalized spacial score (nSPS) is 22.4. The summed E-state index contributed by atoms with van der Waals surface area (Å²) in [5.74, 6) is 1.38. The molecule has 2 aliphatic heterocycles. The monoisotopic (exact) mass is 519 g/mol. The van der Waals surface area contributed by atoms with Gasteiger partial charge in [0.2, 0.25) is 11.8 Å². The molecule has 6 nitrogen and oxygen atoms in total. The van der Waals surface area contributed by atoms with Crippen molar-refractivity contribution in [3.63, 3.8) is 0 Å². The average Bonchev–Trinajstić information content (AvgIpc) is 2.88. The third-order valence-electron chi connectivity index (χ3n) is 7.97. The van der Waals surface area contributed by atoms with Gasteiger partial charge >= 0.3 is 0 Å². The Labute approximate surface area is 228 Å². The van der Waals surface area contributed by atoms with E-state index in [9.17, 15) is 14.7 Å². The van der Waals surface area contributed by atoms with Crippen LogP contribution in [-0.4, -0.2) is 75.9 Å². The van der Waals surface area contributed by atoms with E-state index in [1.165, 1.54) is 5.56 Å². The van der Waals surface area contributed by atoms with E-state index < -0.39 is 0 Å². The first kappa shape index (κ1) is 28.2. The minimum atomic E-state index is -0.370. The Morgan fingerprint density at radius 2 is 1.53 bits per heavy atom. The fourth-order valence-corrected chi connectivity index (χ4v) is 5.95. The van der Waals surface area contributed by atoms with Gasteiger partial charge in [0.15, 0.2) is 0 Å². The first-order chi connectivity index (χ1) is 18.2. The molecule has 2 aromatic carbocycles. The van der Waals surface area contributed by atoms with Crippen LogP contribution in [0, 0.1) is 11.8 Å². The van der Waals surface area contributed by atoms with Crippen molar-refractivity contribution in [1.29, 1.82) is 0 Å². The molecule has 2 amide bonds. The summed E-state index contributed by atoms with van der Waals surface area (Å²) >= 11 is 0. The first-order valence-electron chi connectivity index (χ1n) is 14.4. The lowest BCUT2D eigenvalue weighted by molar-refractivity contribution is -0.167. The van der Waals surface area contributed by atoms with Gasteiger partial charge in [0, 0.05) is 19.6 Å². The van der Waals surface area contributed by atoms with Gasteiger partial charge in [-0.25, -0.2) is 0 Å². The molecule has 3 atom stereocenters. The van der Waals surface area contributed by atoms with E-state index in [1.807, 2.05) is 40.1 Å². The zero-order valence-electron chi connectivity index (χ0n) is 23.6. The maximum Gasteiger partial charge on any atom is 0.245 e. The molecule has 0 bridgehead atoms. The second-order valence-electron chi connectivity index (χ2n) is 12.0. The molecular formula is C32H45N3O3. The van der Waals surface area contributed by atoms with Crippen molar-refractivity contribution in [2.45, 2.75) is 77.9 Å². The molecule has 2 saturated heterocycles. The van der Waals surface area contributed by atoms with Gasteiger partial charge < -0.3 is 14.9 Å². The van der Waals surface area contributed by atoms with E-state index in [0.29, 0.717) is 31.2 Å². The van der Waals surface area contributed by atoms with Crippen molar-refractivity contribution >= 4 is 11.8 Å². The third kappa shape index (κ3) is 6.96. The predicted octanol–water partition coefficient (Wildman–Crippen LogP) is 4.75. The number of piperazine rings is 2. The number of hydrogen-bond donors (Lipinski definition) is 1. The number of aryl methyl sites for hydroxylation is 1. The number of carbonyl (C=O) groups is 2. The van der Waals surface area contributed by atoms with Crippen LogP contribution in [-0.2, 0) is 22.4 Å². The zero-order valence-corrected chi connectivity index (χ0v) is 23.6. The molecule has 2 aliphatic rings. The van der Waals surface area contributed by atoms with Crippen LogP contribution in [0.3, 0.4) is 0 Å². The fourth-order valence-electron chi connectivity index (χ4n) is 5.95. The van der Waals surface area contributed by atoms with Crippen molar-refractivity contribution in [2.24, 2.45) is 11.8 Å². The summed E-state index contributed by atoms with van der Waals surface area (Å²) in [6, 6.07) is 17.0. The molecule has 38 heavy (non-hydrogen) atoms. The summed E-state index contributed by atoms with van der Waals surface area (Å²) in [4.78, 5) is 34.3. The minimum Gasteiger partial charge on any atom is -0.508 e. The summed E-state index contributed by atoms with van der Waals surface area (Å²) in [6.07, 6.45) is 4.17. The Balaban J connectivity index is 1.56. The van der Waals surface area contributed by atoms with E-state index >= 15 is 0 Å². The second kappa shape index (κ2) is 12.8. The Bertz CT molecular complexity index is 1050. The summed E-state index contributed by atoms with van der Waals surface area (Å²) in [5, 5.41) is 9.61. The Kier molecular flexibility index (Phi) is 9.48. The summed E-state index contributed by atoms with van der Waals surface area (Å²) < 4.78 is 0. The van der Waals surface area contributed by atoms with E-state index in [2.05, 4.69) is 44.7 Å². The van der Waals surface area contributed by atoms with Gasteiger partial charge in [-0.2, -0.15) is 0 Å². The molecule has 0 radical (unpaired) electrons. The molecule has 0 aromatic heterocycles. The lowest BCUT2D eigenvalue weighted by Gasteiger charge is -2.53. The van der Waals surface area contributed by atoms with Crippen molar-refractivity contribution in [2.75, 3.05) is 26.2 Å². The Morgan fingerprint density at radius 3 is 2.18 bits per heavy atom. The first-order valence-corrected chi connectivity index (χ1v) is 14.4. The highest BCUT2D eigenvalue weighted by Gasteiger charge is 2.49. The van der Waals surface area contributed by atoms with Crippen LogP contribution in [0.25, 0.3) is 0 Å². The molecule has 0 spiro atoms. The Morgan fingerprint density at radius 1 is 0.816 bits per heavy atom. The molecule has 2 heterocycles. The number of phenolic OH excluding ortho intramolecular Hbond substituents is 1. The minimum absolute atomic E-state index is 0.0248. The van der Waals surface area contributed by atoms with Gasteiger partial charge in [0.25, 0.3) is 0 Å². The number of benzene rings is 2. The van der Waals surface area contributed by atoms with E-state index in [-0.39, 0.29) is 35.7 Å². The van der Waals surface area contributed by atoms with Crippen molar-refractivity contribution in [1.82, 2.24) is 14.7 Å². The van der Waals surface area contributed by atoms with Crippen LogP contribution in [0.4, 0.5) is 0 Å². The Hall–Kier alpha value is -2.86. The fraction of sp³-hybridized carbons (Fsp3) is 0.562. The largest absolute Gasteiger partial charge is 0.508 e. The number of hydrogen-bond acceptors (Lipinski definition) is 4. The maximum atomic E-state index is 14.2. The number of aromatic hydroxyl groups is 1. The summed E-state index contributed by atoms with van der Waals surface area (Å²) in [5.41, 5.74) is 2.34. The number of nitrogens with zero attached hydrogens (tertiary/aromatic N) is 3. The van der Waals surface area contributed by atoms with Crippen LogP contribution in [0.15, 0.2) is 54.6 Å². The molecule has 6 heteroatoms. The molecule has 4 rings (SSSR count). The van der Waals surface area contributed by atoms with Gasteiger partial charge in [0.05, 0.1) is 12.1 Å². The molecule has 2 aromatic rings. The molecule has 0 aliphatic carbocycles. The maximum absolute atomic E-state index is 14.2. The summed E-state index contributed by atoms with van der Waals surface area (Å²) in [7, 11) is 0. The smallest absolute Gasteiger partial charge is 0.245 e. The topological polar surface area (TPSA) is 64.1 Å². The van der Waals surface area contributed by atoms with Crippen LogP contribution in [0.1, 0.15) is 58.1 Å². The van der Waals surface area contributed by atoms with Gasteiger partial charge in [-0.3, -0.25) is 14.5 Å². The SMILES string of the molecule is CC(C)CCN1C[C@@H]2CN(CCCc3ccc(O)cc3)[C@@H](Cc3ccccc3)C(=O)N2[C@@H](CC(C)C)C1=O. The second-order valence-corrected chi connectivity index (χ2v) is 12.0. The van der Waals surface area contributed by atoms with E-state index in [0.717, 1.165) is 44.5 Å². The van der Waals surface area contributed by atoms with E-state index in [1.54, 1.807) is 12.1 Å². The predicted molar refractivity (Wildman–Crippen MR) is 152 cm³/mol. The number of phenols is 1. The quantitative estimate of drug-likeness (QED) is 0.465. The van der Waals surface area contributed by atoms with Crippen LogP contribution in [0.5, 0.6) is 5.75 Å². The van der Waals surface area contributed by atoms with Crippen molar-refractivity contribution in [3.8, 4) is 5.75 Å². The van der Waals surface area contributed by atoms with Crippen molar-refractivity contribution < 1.29 is 14.7 Å². The van der Waals surface area contributed by atoms with Gasteiger partial charge in [-0.05, 0) is 73.7 Å².